The number of unbranched alkanes of at least 4 members (excludes halogenated alkanes) is 2. The van der Waals surface area contributed by atoms with Crippen LogP contribution in [0.25, 0.3) is 0 Å². The van der Waals surface area contributed by atoms with Gasteiger partial charge in [0.25, 0.3) is 0 Å². The summed E-state index contributed by atoms with van der Waals surface area (Å²) in [5.74, 6) is 0.199. The molecule has 0 aliphatic carbocycles. The zero-order chi connectivity index (χ0) is 11.0. The fourth-order valence-electron chi connectivity index (χ4n) is 1.16. The molecule has 0 aliphatic heterocycles. The SMILES string of the molecule is CC(C)(F)CCC(=O)CCCCCBr. The van der Waals surface area contributed by atoms with Gasteiger partial charge >= 0.3 is 0 Å². The Morgan fingerprint density at radius 3 is 2.36 bits per heavy atom. The van der Waals surface area contributed by atoms with E-state index in [4.69, 9.17) is 0 Å². The van der Waals surface area contributed by atoms with Gasteiger partial charge in [0.2, 0.25) is 0 Å². The average Bonchev–Trinajstić information content (AvgIpc) is 2.08. The summed E-state index contributed by atoms with van der Waals surface area (Å²) in [6.07, 6.45) is 4.49. The molecular formula is C11H20BrFO. The maximum Gasteiger partial charge on any atom is 0.133 e. The Bertz CT molecular complexity index is 163. The van der Waals surface area contributed by atoms with Gasteiger partial charge < -0.3 is 0 Å². The minimum absolute atomic E-state index is 0.199. The van der Waals surface area contributed by atoms with Crippen LogP contribution in [0.15, 0.2) is 0 Å². The molecule has 0 aromatic rings. The van der Waals surface area contributed by atoms with Crippen LogP contribution in [0.2, 0.25) is 0 Å². The zero-order valence-electron chi connectivity index (χ0n) is 9.11. The quantitative estimate of drug-likeness (QED) is 0.479. The molecule has 0 aromatic carbocycles. The molecule has 0 bridgehead atoms. The zero-order valence-corrected chi connectivity index (χ0v) is 10.7. The van der Waals surface area contributed by atoms with Crippen LogP contribution in [0, 0.1) is 0 Å². The molecule has 0 saturated carbocycles. The Balaban J connectivity index is 3.38. The summed E-state index contributed by atoms with van der Waals surface area (Å²) < 4.78 is 13.0. The first-order valence-electron chi connectivity index (χ1n) is 5.22. The van der Waals surface area contributed by atoms with Crippen molar-refractivity contribution in [3.8, 4) is 0 Å². The van der Waals surface area contributed by atoms with Crippen molar-refractivity contribution < 1.29 is 9.18 Å². The topological polar surface area (TPSA) is 17.1 Å². The van der Waals surface area contributed by atoms with E-state index in [-0.39, 0.29) is 5.78 Å². The molecule has 0 unspecified atom stereocenters. The molecule has 0 fully saturated rings. The van der Waals surface area contributed by atoms with Crippen LogP contribution in [-0.2, 0) is 4.79 Å². The third kappa shape index (κ3) is 10.2. The Kier molecular flexibility index (Phi) is 7.42. The highest BCUT2D eigenvalue weighted by Crippen LogP contribution is 2.17. The lowest BCUT2D eigenvalue weighted by Gasteiger charge is -2.12. The summed E-state index contributed by atoms with van der Waals surface area (Å²) in [6, 6.07) is 0. The van der Waals surface area contributed by atoms with Crippen molar-refractivity contribution in [3.63, 3.8) is 0 Å². The lowest BCUT2D eigenvalue weighted by Crippen LogP contribution is -2.14. The van der Waals surface area contributed by atoms with Gasteiger partial charge in [-0.25, -0.2) is 4.39 Å². The van der Waals surface area contributed by atoms with E-state index in [1.165, 1.54) is 13.8 Å². The molecule has 0 saturated heterocycles. The van der Waals surface area contributed by atoms with Crippen LogP contribution < -0.4 is 0 Å². The molecule has 1 nitrogen and oxygen atoms in total. The molecule has 0 aliphatic rings. The first-order valence-corrected chi connectivity index (χ1v) is 6.34. The van der Waals surface area contributed by atoms with Gasteiger partial charge in [-0.05, 0) is 33.1 Å². The number of Topliss-reactive ketones (excluding diaryl/α,β-unsaturated/α-hetero) is 1. The highest BCUT2D eigenvalue weighted by Gasteiger charge is 2.16. The van der Waals surface area contributed by atoms with Crippen LogP contribution in [0.4, 0.5) is 4.39 Å². The van der Waals surface area contributed by atoms with Crippen molar-refractivity contribution >= 4 is 21.7 Å². The van der Waals surface area contributed by atoms with E-state index in [1.807, 2.05) is 0 Å². The smallest absolute Gasteiger partial charge is 0.133 e. The maximum atomic E-state index is 13.0. The summed E-state index contributed by atoms with van der Waals surface area (Å²) in [5, 5.41) is 0.999. The van der Waals surface area contributed by atoms with Crippen LogP contribution in [0.1, 0.15) is 52.4 Å². The van der Waals surface area contributed by atoms with Gasteiger partial charge in [0.15, 0.2) is 0 Å². The summed E-state index contributed by atoms with van der Waals surface area (Å²) in [4.78, 5) is 11.3. The second-order valence-corrected chi connectivity index (χ2v) is 5.05. The lowest BCUT2D eigenvalue weighted by atomic mass is 10.0. The summed E-state index contributed by atoms with van der Waals surface area (Å²) >= 11 is 3.34. The third-order valence-electron chi connectivity index (χ3n) is 2.09. The van der Waals surface area contributed by atoms with E-state index in [2.05, 4.69) is 15.9 Å². The number of hydrogen-bond donors (Lipinski definition) is 0. The van der Waals surface area contributed by atoms with E-state index >= 15 is 0 Å². The van der Waals surface area contributed by atoms with Crippen LogP contribution in [0.5, 0.6) is 0 Å². The first kappa shape index (κ1) is 14.1. The van der Waals surface area contributed by atoms with Crippen molar-refractivity contribution in [1.29, 1.82) is 0 Å². The van der Waals surface area contributed by atoms with Gasteiger partial charge in [0.1, 0.15) is 11.5 Å². The predicted molar refractivity (Wildman–Crippen MR) is 61.7 cm³/mol. The number of hydrogen-bond acceptors (Lipinski definition) is 1. The van der Waals surface area contributed by atoms with E-state index in [0.29, 0.717) is 19.3 Å². The summed E-state index contributed by atoms with van der Waals surface area (Å²) in [7, 11) is 0. The Labute approximate surface area is 94.6 Å². The minimum atomic E-state index is -1.20. The van der Waals surface area contributed by atoms with Gasteiger partial charge in [0, 0.05) is 18.2 Å². The van der Waals surface area contributed by atoms with Crippen LogP contribution >= 0.6 is 15.9 Å². The minimum Gasteiger partial charge on any atom is -0.300 e. The molecule has 3 heteroatoms. The van der Waals surface area contributed by atoms with Crippen molar-refractivity contribution in [2.75, 3.05) is 5.33 Å². The molecule has 0 N–H and O–H groups in total. The number of carbonyl (C=O) groups is 1. The van der Waals surface area contributed by atoms with Crippen molar-refractivity contribution in [2.45, 2.75) is 58.0 Å². The van der Waals surface area contributed by atoms with Crippen LogP contribution in [0.3, 0.4) is 0 Å². The van der Waals surface area contributed by atoms with E-state index < -0.39 is 5.67 Å². The standard InChI is InChI=1S/C11H20BrFO/c1-11(2,13)8-7-10(14)6-4-3-5-9-12/h3-9H2,1-2H3. The Hall–Kier alpha value is 0.0800. The third-order valence-corrected chi connectivity index (χ3v) is 2.65. The van der Waals surface area contributed by atoms with E-state index in [0.717, 1.165) is 24.6 Å². The molecule has 0 heterocycles. The molecular weight excluding hydrogens is 247 g/mol. The number of rotatable bonds is 8. The second kappa shape index (κ2) is 7.38. The van der Waals surface area contributed by atoms with E-state index in [9.17, 15) is 9.18 Å². The predicted octanol–water partition coefficient (Wildman–Crippen LogP) is 4.04. The molecule has 84 valence electrons. The molecule has 0 aromatic heterocycles. The normalized spacial score (nSPS) is 11.7. The van der Waals surface area contributed by atoms with E-state index in [1.54, 1.807) is 0 Å². The van der Waals surface area contributed by atoms with Gasteiger partial charge in [-0.15, -0.1) is 0 Å². The van der Waals surface area contributed by atoms with Crippen LogP contribution in [-0.4, -0.2) is 16.8 Å². The van der Waals surface area contributed by atoms with Gasteiger partial charge in [-0.3, -0.25) is 4.79 Å². The number of alkyl halides is 2. The second-order valence-electron chi connectivity index (χ2n) is 4.26. The Morgan fingerprint density at radius 1 is 1.21 bits per heavy atom. The molecule has 0 rings (SSSR count). The highest BCUT2D eigenvalue weighted by molar-refractivity contribution is 9.09. The monoisotopic (exact) mass is 266 g/mol. The Morgan fingerprint density at radius 2 is 1.86 bits per heavy atom. The van der Waals surface area contributed by atoms with Crippen molar-refractivity contribution in [2.24, 2.45) is 0 Å². The van der Waals surface area contributed by atoms with Gasteiger partial charge in [-0.2, -0.15) is 0 Å². The summed E-state index contributed by atoms with van der Waals surface area (Å²) in [5.41, 5.74) is -1.20. The molecule has 0 atom stereocenters. The number of ketones is 1. The maximum absolute atomic E-state index is 13.0. The highest BCUT2D eigenvalue weighted by atomic mass is 79.9. The van der Waals surface area contributed by atoms with Crippen molar-refractivity contribution in [1.82, 2.24) is 0 Å². The molecule has 14 heavy (non-hydrogen) atoms. The summed E-state index contributed by atoms with van der Waals surface area (Å²) in [6.45, 7) is 3.04. The number of carbonyl (C=O) groups excluding carboxylic acids is 1. The molecule has 0 spiro atoms. The van der Waals surface area contributed by atoms with Crippen molar-refractivity contribution in [3.05, 3.63) is 0 Å². The fourth-order valence-corrected chi connectivity index (χ4v) is 1.55. The molecule has 0 amide bonds. The fraction of sp³-hybridized carbons (Fsp3) is 0.909. The molecule has 0 radical (unpaired) electrons. The first-order chi connectivity index (χ1) is 6.45. The number of halogens is 2. The lowest BCUT2D eigenvalue weighted by molar-refractivity contribution is -0.119. The van der Waals surface area contributed by atoms with Gasteiger partial charge in [0.05, 0.1) is 0 Å². The largest absolute Gasteiger partial charge is 0.300 e. The van der Waals surface area contributed by atoms with Gasteiger partial charge in [-0.1, -0.05) is 22.4 Å². The average molecular weight is 267 g/mol.